The summed E-state index contributed by atoms with van der Waals surface area (Å²) in [5.41, 5.74) is 1.36. The predicted molar refractivity (Wildman–Crippen MR) is 134 cm³/mol. The van der Waals surface area contributed by atoms with Crippen molar-refractivity contribution in [3.63, 3.8) is 0 Å². The van der Waals surface area contributed by atoms with Crippen LogP contribution in [-0.2, 0) is 4.74 Å². The van der Waals surface area contributed by atoms with Crippen LogP contribution in [0.4, 0.5) is 0 Å². The Bertz CT molecular complexity index is 1140. The van der Waals surface area contributed by atoms with E-state index >= 15 is 0 Å². The second-order valence-corrected chi connectivity index (χ2v) is 8.98. The molecule has 0 bridgehead atoms. The number of H-pyrrole nitrogens is 1. The monoisotopic (exact) mass is 462 g/mol. The molecule has 1 aliphatic carbocycles. The van der Waals surface area contributed by atoms with Crippen molar-refractivity contribution in [3.8, 4) is 5.75 Å². The van der Waals surface area contributed by atoms with Crippen LogP contribution in [0.5, 0.6) is 5.75 Å². The normalized spacial score (nSPS) is 15.2. The molecule has 0 aliphatic heterocycles. The average molecular weight is 463 g/mol. The fourth-order valence-electron chi connectivity index (χ4n) is 4.69. The van der Waals surface area contributed by atoms with E-state index in [1.54, 1.807) is 18.2 Å². The molecule has 1 fully saturated rings. The number of fused-ring (bicyclic) bond motifs is 1. The predicted octanol–water partition coefficient (Wildman–Crippen LogP) is 5.38. The summed E-state index contributed by atoms with van der Waals surface area (Å²) >= 11 is 0. The van der Waals surface area contributed by atoms with Crippen LogP contribution in [0.25, 0.3) is 10.9 Å². The maximum absolute atomic E-state index is 13.2. The smallest absolute Gasteiger partial charge is 0.257 e. The van der Waals surface area contributed by atoms with E-state index in [1.165, 1.54) is 38.3 Å². The van der Waals surface area contributed by atoms with Crippen molar-refractivity contribution in [2.75, 3.05) is 19.8 Å². The van der Waals surface area contributed by atoms with Gasteiger partial charge in [0.15, 0.2) is 0 Å². The molecule has 1 aliphatic rings. The van der Waals surface area contributed by atoms with E-state index in [-0.39, 0.29) is 17.0 Å². The van der Waals surface area contributed by atoms with Gasteiger partial charge in [-0.25, -0.2) is 0 Å². The molecule has 0 saturated heterocycles. The molecule has 0 spiro atoms. The average Bonchev–Trinajstić information content (AvgIpc) is 2.87. The molecule has 1 atom stereocenters. The van der Waals surface area contributed by atoms with E-state index in [4.69, 9.17) is 9.47 Å². The number of rotatable bonds is 10. The van der Waals surface area contributed by atoms with Crippen molar-refractivity contribution < 1.29 is 14.3 Å². The van der Waals surface area contributed by atoms with E-state index in [9.17, 15) is 9.59 Å². The first-order valence-electron chi connectivity index (χ1n) is 12.4. The van der Waals surface area contributed by atoms with Gasteiger partial charge in [0.05, 0.1) is 19.3 Å². The number of aromatic nitrogens is 1. The van der Waals surface area contributed by atoms with Gasteiger partial charge in [-0.05, 0) is 43.0 Å². The van der Waals surface area contributed by atoms with Crippen LogP contribution in [0, 0.1) is 5.92 Å². The zero-order valence-electron chi connectivity index (χ0n) is 19.8. The third-order valence-corrected chi connectivity index (χ3v) is 6.59. The Balaban J connectivity index is 1.47. The first kappa shape index (κ1) is 24.0. The minimum atomic E-state index is -0.422. The van der Waals surface area contributed by atoms with Crippen LogP contribution in [0.2, 0.25) is 0 Å². The quantitative estimate of drug-likeness (QED) is 0.396. The highest BCUT2D eigenvalue weighted by Crippen LogP contribution is 2.26. The lowest BCUT2D eigenvalue weighted by atomic mass is 9.87. The van der Waals surface area contributed by atoms with Gasteiger partial charge in [-0.1, -0.05) is 62.4 Å². The SMILES string of the molecule is CCOc1ccc2[nH]cc(C(=O)NC(COCCC3CCCCC3)c3ccccc3)c(=O)c2c1. The molecule has 4 rings (SSSR count). The van der Waals surface area contributed by atoms with E-state index in [1.807, 2.05) is 37.3 Å². The molecular weight excluding hydrogens is 428 g/mol. The summed E-state index contributed by atoms with van der Waals surface area (Å²) in [7, 11) is 0. The standard InChI is InChI=1S/C28H34N2O4/c1-2-34-22-13-14-25-23(17-22)27(31)24(18-29-25)28(32)30-26(21-11-7-4-8-12-21)19-33-16-15-20-9-5-3-6-10-20/h4,7-8,11-14,17-18,20,26H,2-3,5-6,9-10,15-16,19H2,1H3,(H,29,31)(H,30,32). The molecule has 0 radical (unpaired) electrons. The van der Waals surface area contributed by atoms with Gasteiger partial charge in [0.1, 0.15) is 11.3 Å². The summed E-state index contributed by atoms with van der Waals surface area (Å²) in [6.45, 7) is 3.44. The van der Waals surface area contributed by atoms with Gasteiger partial charge < -0.3 is 19.8 Å². The number of hydrogen-bond donors (Lipinski definition) is 2. The topological polar surface area (TPSA) is 80.4 Å². The largest absolute Gasteiger partial charge is 0.494 e. The molecule has 2 aromatic carbocycles. The molecule has 1 unspecified atom stereocenters. The zero-order chi connectivity index (χ0) is 23.8. The molecule has 1 saturated carbocycles. The molecule has 3 aromatic rings. The Kier molecular flexibility index (Phi) is 8.36. The Labute approximate surface area is 200 Å². The van der Waals surface area contributed by atoms with Gasteiger partial charge in [0.25, 0.3) is 5.91 Å². The summed E-state index contributed by atoms with van der Waals surface area (Å²) in [4.78, 5) is 29.3. The molecule has 34 heavy (non-hydrogen) atoms. The summed E-state index contributed by atoms with van der Waals surface area (Å²) < 4.78 is 11.5. The highest BCUT2D eigenvalue weighted by molar-refractivity contribution is 5.97. The molecule has 6 nitrogen and oxygen atoms in total. The molecule has 1 heterocycles. The van der Waals surface area contributed by atoms with Crippen molar-refractivity contribution in [2.45, 2.75) is 51.5 Å². The summed E-state index contributed by atoms with van der Waals surface area (Å²) in [6, 6.07) is 14.7. The molecule has 2 N–H and O–H groups in total. The Morgan fingerprint density at radius 3 is 2.68 bits per heavy atom. The number of amides is 1. The van der Waals surface area contributed by atoms with Crippen LogP contribution >= 0.6 is 0 Å². The number of ether oxygens (including phenoxy) is 2. The van der Waals surface area contributed by atoms with Gasteiger partial charge in [-0.15, -0.1) is 0 Å². The number of nitrogens with one attached hydrogen (secondary N) is 2. The lowest BCUT2D eigenvalue weighted by molar-refractivity contribution is 0.0786. The first-order valence-corrected chi connectivity index (χ1v) is 12.4. The number of benzene rings is 2. The van der Waals surface area contributed by atoms with E-state index < -0.39 is 5.91 Å². The zero-order valence-corrected chi connectivity index (χ0v) is 19.8. The Morgan fingerprint density at radius 1 is 1.12 bits per heavy atom. The lowest BCUT2D eigenvalue weighted by Crippen LogP contribution is -2.34. The van der Waals surface area contributed by atoms with Crippen molar-refractivity contribution >= 4 is 16.8 Å². The summed E-state index contributed by atoms with van der Waals surface area (Å²) in [6.07, 6.45) is 9.10. The highest BCUT2D eigenvalue weighted by atomic mass is 16.5. The van der Waals surface area contributed by atoms with Crippen LogP contribution in [0.15, 0.2) is 59.5 Å². The second-order valence-electron chi connectivity index (χ2n) is 8.98. The van der Waals surface area contributed by atoms with Gasteiger partial charge >= 0.3 is 0 Å². The molecule has 180 valence electrons. The van der Waals surface area contributed by atoms with Crippen LogP contribution < -0.4 is 15.5 Å². The molecule has 6 heteroatoms. The third kappa shape index (κ3) is 6.06. The fourth-order valence-corrected chi connectivity index (χ4v) is 4.69. The number of hydrogen-bond acceptors (Lipinski definition) is 4. The third-order valence-electron chi connectivity index (χ3n) is 6.59. The molecular formula is C28H34N2O4. The number of carbonyl (C=O) groups excluding carboxylic acids is 1. The van der Waals surface area contributed by atoms with Gasteiger partial charge in [-0.3, -0.25) is 9.59 Å². The maximum Gasteiger partial charge on any atom is 0.257 e. The summed E-state index contributed by atoms with van der Waals surface area (Å²) in [5, 5.41) is 3.45. The van der Waals surface area contributed by atoms with Crippen molar-refractivity contribution in [1.29, 1.82) is 0 Å². The van der Waals surface area contributed by atoms with E-state index in [0.29, 0.717) is 36.5 Å². The van der Waals surface area contributed by atoms with Crippen LogP contribution in [0.1, 0.15) is 67.4 Å². The molecule has 1 aromatic heterocycles. The van der Waals surface area contributed by atoms with Gasteiger partial charge in [0, 0.05) is 23.7 Å². The minimum Gasteiger partial charge on any atom is -0.494 e. The van der Waals surface area contributed by atoms with Crippen LogP contribution in [-0.4, -0.2) is 30.7 Å². The first-order chi connectivity index (χ1) is 16.7. The van der Waals surface area contributed by atoms with Crippen LogP contribution in [0.3, 0.4) is 0 Å². The summed E-state index contributed by atoms with van der Waals surface area (Å²) in [5.74, 6) is 0.928. The van der Waals surface area contributed by atoms with Crippen molar-refractivity contribution in [1.82, 2.24) is 10.3 Å². The van der Waals surface area contributed by atoms with Gasteiger partial charge in [-0.2, -0.15) is 0 Å². The number of aromatic amines is 1. The molecule has 1 amide bonds. The minimum absolute atomic E-state index is 0.0734. The Morgan fingerprint density at radius 2 is 1.91 bits per heavy atom. The Hall–Kier alpha value is -3.12. The lowest BCUT2D eigenvalue weighted by Gasteiger charge is -2.23. The maximum atomic E-state index is 13.2. The van der Waals surface area contributed by atoms with Gasteiger partial charge in [0.2, 0.25) is 5.43 Å². The van der Waals surface area contributed by atoms with Crippen molar-refractivity contribution in [2.24, 2.45) is 5.92 Å². The highest BCUT2D eigenvalue weighted by Gasteiger charge is 2.20. The second kappa shape index (κ2) is 11.8. The number of carbonyl (C=O) groups is 1. The van der Waals surface area contributed by atoms with Crippen molar-refractivity contribution in [3.05, 3.63) is 76.1 Å². The van der Waals surface area contributed by atoms with E-state index in [0.717, 1.165) is 17.9 Å². The number of pyridine rings is 1. The fraction of sp³-hybridized carbons (Fsp3) is 0.429. The van der Waals surface area contributed by atoms with E-state index in [2.05, 4.69) is 10.3 Å².